The van der Waals surface area contributed by atoms with Gasteiger partial charge in [-0.3, -0.25) is 9.59 Å². The number of thioether (sulfide) groups is 1. The summed E-state index contributed by atoms with van der Waals surface area (Å²) in [5.41, 5.74) is -4.26. The van der Waals surface area contributed by atoms with Crippen molar-refractivity contribution < 1.29 is 22.8 Å². The van der Waals surface area contributed by atoms with Gasteiger partial charge in [0.05, 0.1) is 6.42 Å². The van der Waals surface area contributed by atoms with Crippen LogP contribution in [0.4, 0.5) is 13.2 Å². The molecule has 1 amide bonds. The van der Waals surface area contributed by atoms with Crippen molar-refractivity contribution in [2.45, 2.75) is 18.3 Å². The lowest BCUT2D eigenvalue weighted by Crippen LogP contribution is -2.40. The van der Waals surface area contributed by atoms with E-state index in [0.29, 0.717) is 0 Å². The lowest BCUT2D eigenvalue weighted by molar-refractivity contribution is -0.139. The van der Waals surface area contributed by atoms with Crippen LogP contribution in [0.25, 0.3) is 0 Å². The van der Waals surface area contributed by atoms with Crippen LogP contribution in [0, 0.1) is 0 Å². The third-order valence-corrected chi connectivity index (χ3v) is 2.70. The number of halogens is 3. The maximum absolute atomic E-state index is 11.8. The van der Waals surface area contributed by atoms with Gasteiger partial charge in [-0.15, -0.1) is 0 Å². The topological polar surface area (TPSA) is 37.4 Å². The Labute approximate surface area is 89.0 Å². The fourth-order valence-electron chi connectivity index (χ4n) is 1.26. The number of alkyl halides is 3. The molecule has 86 valence electrons. The molecule has 0 bridgehead atoms. The second-order valence-electron chi connectivity index (χ2n) is 3.14. The minimum atomic E-state index is -4.26. The summed E-state index contributed by atoms with van der Waals surface area (Å²) in [5.74, 6) is -0.683. The molecule has 15 heavy (non-hydrogen) atoms. The van der Waals surface area contributed by atoms with Gasteiger partial charge in [0.15, 0.2) is 0 Å². The molecule has 1 aliphatic heterocycles. The van der Waals surface area contributed by atoms with E-state index in [4.69, 9.17) is 0 Å². The third-order valence-electron chi connectivity index (χ3n) is 1.99. The van der Waals surface area contributed by atoms with Gasteiger partial charge in [0.25, 0.3) is 0 Å². The van der Waals surface area contributed by atoms with Crippen LogP contribution in [0.5, 0.6) is 0 Å². The number of ketones is 1. The van der Waals surface area contributed by atoms with Crippen molar-refractivity contribution in [3.63, 3.8) is 0 Å². The van der Waals surface area contributed by atoms with E-state index < -0.39 is 5.51 Å². The van der Waals surface area contributed by atoms with Crippen molar-refractivity contribution in [3.8, 4) is 0 Å². The number of nitrogens with zero attached hydrogens (tertiary/aromatic N) is 1. The average Bonchev–Trinajstić information content (AvgIpc) is 2.07. The molecular formula is C8H10F3NO2S. The van der Waals surface area contributed by atoms with Gasteiger partial charge in [-0.1, -0.05) is 0 Å². The number of rotatable bonds is 3. The van der Waals surface area contributed by atoms with Crippen LogP contribution in [0.1, 0.15) is 12.8 Å². The number of hydrogen-bond acceptors (Lipinski definition) is 3. The lowest BCUT2D eigenvalue weighted by Gasteiger charge is -2.25. The van der Waals surface area contributed by atoms with Crippen molar-refractivity contribution in [2.75, 3.05) is 18.8 Å². The van der Waals surface area contributed by atoms with Gasteiger partial charge < -0.3 is 4.90 Å². The quantitative estimate of drug-likeness (QED) is 0.701. The minimum absolute atomic E-state index is 0.0519. The van der Waals surface area contributed by atoms with Crippen molar-refractivity contribution in [3.05, 3.63) is 0 Å². The molecule has 0 unspecified atom stereocenters. The Kier molecular flexibility index (Phi) is 4.01. The molecule has 7 heteroatoms. The summed E-state index contributed by atoms with van der Waals surface area (Å²) in [6, 6.07) is 0. The molecule has 0 spiro atoms. The van der Waals surface area contributed by atoms with E-state index in [2.05, 4.69) is 0 Å². The van der Waals surface area contributed by atoms with E-state index >= 15 is 0 Å². The van der Waals surface area contributed by atoms with Crippen molar-refractivity contribution >= 4 is 23.5 Å². The zero-order chi connectivity index (χ0) is 11.5. The normalized spacial score (nSPS) is 18.5. The third kappa shape index (κ3) is 4.55. The van der Waals surface area contributed by atoms with E-state index in [0.717, 1.165) is 0 Å². The highest BCUT2D eigenvalue weighted by molar-refractivity contribution is 8.00. The van der Waals surface area contributed by atoms with Crippen LogP contribution in [0.2, 0.25) is 0 Å². The van der Waals surface area contributed by atoms with Crippen LogP contribution >= 0.6 is 11.8 Å². The van der Waals surface area contributed by atoms with E-state index in [1.165, 1.54) is 4.90 Å². The number of carbonyl (C=O) groups excluding carboxylic acids is 2. The van der Waals surface area contributed by atoms with Gasteiger partial charge in [0.1, 0.15) is 5.78 Å². The minimum Gasteiger partial charge on any atom is -0.341 e. The fourth-order valence-corrected chi connectivity index (χ4v) is 1.80. The summed E-state index contributed by atoms with van der Waals surface area (Å²) in [5, 5.41) is 0. The first-order chi connectivity index (χ1) is 6.88. The standard InChI is InChI=1S/C8H10F3NO2S/c9-8(10,11)15-4-3-12-2-1-6(13)5-7(12)14/h1-5H2. The Morgan fingerprint density at radius 1 is 1.33 bits per heavy atom. The first-order valence-corrected chi connectivity index (χ1v) is 5.37. The van der Waals surface area contributed by atoms with E-state index in [1.54, 1.807) is 0 Å². The first kappa shape index (κ1) is 12.4. The van der Waals surface area contributed by atoms with Gasteiger partial charge in [0, 0.05) is 25.3 Å². The lowest BCUT2D eigenvalue weighted by atomic mass is 10.1. The summed E-state index contributed by atoms with van der Waals surface area (Å²) in [4.78, 5) is 23.3. The summed E-state index contributed by atoms with van der Waals surface area (Å²) in [6.07, 6.45) is 0.0824. The average molecular weight is 241 g/mol. The molecule has 0 aromatic carbocycles. The van der Waals surface area contributed by atoms with Crippen LogP contribution in [-0.4, -0.2) is 40.9 Å². The van der Waals surface area contributed by atoms with Crippen molar-refractivity contribution in [1.29, 1.82) is 0 Å². The largest absolute Gasteiger partial charge is 0.441 e. The number of carbonyl (C=O) groups is 2. The molecule has 0 aromatic heterocycles. The molecule has 1 heterocycles. The molecule has 0 N–H and O–H groups in total. The Hall–Kier alpha value is -0.720. The van der Waals surface area contributed by atoms with E-state index in [1.807, 2.05) is 0 Å². The number of Topliss-reactive ketones (excluding diaryl/α,β-unsaturated/α-hetero) is 1. The highest BCUT2D eigenvalue weighted by atomic mass is 32.2. The predicted molar refractivity (Wildman–Crippen MR) is 49.3 cm³/mol. The molecule has 1 aliphatic rings. The van der Waals surface area contributed by atoms with Gasteiger partial charge in [0.2, 0.25) is 5.91 Å². The molecule has 0 radical (unpaired) electrons. The highest BCUT2D eigenvalue weighted by Crippen LogP contribution is 2.29. The van der Waals surface area contributed by atoms with Crippen LogP contribution < -0.4 is 0 Å². The Balaban J connectivity index is 2.27. The maximum atomic E-state index is 11.8. The number of amides is 1. The second-order valence-corrected chi connectivity index (χ2v) is 4.30. The molecular weight excluding hydrogens is 231 g/mol. The monoisotopic (exact) mass is 241 g/mol. The highest BCUT2D eigenvalue weighted by Gasteiger charge is 2.29. The summed E-state index contributed by atoms with van der Waals surface area (Å²) in [7, 11) is 0. The number of likely N-dealkylation sites (tertiary alicyclic amines) is 1. The smallest absolute Gasteiger partial charge is 0.341 e. The molecule has 1 saturated heterocycles. The van der Waals surface area contributed by atoms with Crippen molar-refractivity contribution in [1.82, 2.24) is 4.90 Å². The van der Waals surface area contributed by atoms with Crippen LogP contribution in [-0.2, 0) is 9.59 Å². The Morgan fingerprint density at radius 3 is 2.53 bits per heavy atom. The van der Waals surface area contributed by atoms with E-state index in [9.17, 15) is 22.8 Å². The molecule has 0 atom stereocenters. The number of piperidine rings is 1. The van der Waals surface area contributed by atoms with Crippen LogP contribution in [0.15, 0.2) is 0 Å². The van der Waals surface area contributed by atoms with Crippen molar-refractivity contribution in [2.24, 2.45) is 0 Å². The predicted octanol–water partition coefficient (Wildman–Crippen LogP) is 1.43. The fraction of sp³-hybridized carbons (Fsp3) is 0.750. The van der Waals surface area contributed by atoms with Gasteiger partial charge >= 0.3 is 5.51 Å². The second kappa shape index (κ2) is 4.87. The zero-order valence-electron chi connectivity index (χ0n) is 7.84. The summed E-state index contributed by atoms with van der Waals surface area (Å²) < 4.78 is 35.3. The van der Waals surface area contributed by atoms with Gasteiger partial charge in [-0.2, -0.15) is 13.2 Å². The molecule has 1 fully saturated rings. The van der Waals surface area contributed by atoms with Gasteiger partial charge in [-0.25, -0.2) is 0 Å². The molecule has 1 rings (SSSR count). The summed E-state index contributed by atoms with van der Waals surface area (Å²) >= 11 is -0.149. The van der Waals surface area contributed by atoms with Crippen LogP contribution in [0.3, 0.4) is 0 Å². The SMILES string of the molecule is O=C1CCN(CCSC(F)(F)F)C(=O)C1. The first-order valence-electron chi connectivity index (χ1n) is 4.38. The summed E-state index contributed by atoms with van der Waals surface area (Å²) in [6.45, 7) is 0.298. The van der Waals surface area contributed by atoms with E-state index in [-0.39, 0.29) is 55.1 Å². The number of hydrogen-bond donors (Lipinski definition) is 0. The molecule has 3 nitrogen and oxygen atoms in total. The Bertz CT molecular complexity index is 267. The molecule has 0 aromatic rings. The zero-order valence-corrected chi connectivity index (χ0v) is 8.66. The molecule has 0 aliphatic carbocycles. The maximum Gasteiger partial charge on any atom is 0.441 e. The molecule has 0 saturated carbocycles. The van der Waals surface area contributed by atoms with Gasteiger partial charge in [-0.05, 0) is 11.8 Å². The Morgan fingerprint density at radius 2 is 2.00 bits per heavy atom.